The Labute approximate surface area is 114 Å². The van der Waals surface area contributed by atoms with Crippen molar-refractivity contribution in [3.63, 3.8) is 0 Å². The van der Waals surface area contributed by atoms with Crippen molar-refractivity contribution in [1.82, 2.24) is 14.0 Å². The molecule has 3 N–H and O–H groups in total. The molecule has 1 aliphatic heterocycles. The summed E-state index contributed by atoms with van der Waals surface area (Å²) in [7, 11) is -3.48. The second-order valence-electron chi connectivity index (χ2n) is 4.64. The number of nitrogens with two attached hydrogens (primary N) is 1. The highest BCUT2D eigenvalue weighted by atomic mass is 32.2. The third kappa shape index (κ3) is 3.73. The molecule has 0 spiro atoms. The van der Waals surface area contributed by atoms with Crippen LogP contribution in [0.15, 0.2) is 24.4 Å². The van der Waals surface area contributed by atoms with Gasteiger partial charge in [-0.15, -0.1) is 0 Å². The maximum atomic E-state index is 12.3. The van der Waals surface area contributed by atoms with E-state index in [-0.39, 0.29) is 12.6 Å². The van der Waals surface area contributed by atoms with Crippen molar-refractivity contribution < 1.29 is 8.42 Å². The van der Waals surface area contributed by atoms with Gasteiger partial charge >= 0.3 is 0 Å². The largest absolute Gasteiger partial charge is 0.329 e. The van der Waals surface area contributed by atoms with Crippen molar-refractivity contribution in [1.29, 1.82) is 0 Å². The summed E-state index contributed by atoms with van der Waals surface area (Å²) in [4.78, 5) is 4.10. The van der Waals surface area contributed by atoms with Crippen molar-refractivity contribution in [3.8, 4) is 0 Å². The Hall–Kier alpha value is -1.02. The lowest BCUT2D eigenvalue weighted by Gasteiger charge is -2.33. The summed E-state index contributed by atoms with van der Waals surface area (Å²) in [6.07, 6.45) is 4.41. The quantitative estimate of drug-likeness (QED) is 0.810. The predicted molar refractivity (Wildman–Crippen MR) is 73.4 cm³/mol. The van der Waals surface area contributed by atoms with Gasteiger partial charge in [-0.25, -0.2) is 0 Å². The van der Waals surface area contributed by atoms with Gasteiger partial charge in [-0.3, -0.25) is 4.98 Å². The van der Waals surface area contributed by atoms with E-state index in [1.807, 2.05) is 6.07 Å². The van der Waals surface area contributed by atoms with E-state index >= 15 is 0 Å². The Bertz CT molecular complexity index is 492. The molecule has 7 heteroatoms. The molecule has 2 rings (SSSR count). The van der Waals surface area contributed by atoms with E-state index in [1.165, 1.54) is 4.31 Å². The highest BCUT2D eigenvalue weighted by molar-refractivity contribution is 7.87. The van der Waals surface area contributed by atoms with Crippen molar-refractivity contribution in [2.75, 3.05) is 13.1 Å². The number of hydrogen-bond acceptors (Lipinski definition) is 4. The lowest BCUT2D eigenvalue weighted by atomic mass is 10.1. The third-order valence-corrected chi connectivity index (χ3v) is 4.92. The number of piperidine rings is 1. The summed E-state index contributed by atoms with van der Waals surface area (Å²) in [5, 5.41) is 0. The summed E-state index contributed by atoms with van der Waals surface area (Å²) < 4.78 is 28.6. The van der Waals surface area contributed by atoms with E-state index in [2.05, 4.69) is 9.71 Å². The van der Waals surface area contributed by atoms with Gasteiger partial charge in [0.25, 0.3) is 10.2 Å². The summed E-state index contributed by atoms with van der Waals surface area (Å²) in [5.41, 5.74) is 6.35. The molecule has 1 fully saturated rings. The van der Waals surface area contributed by atoms with Gasteiger partial charge in [0.15, 0.2) is 0 Å². The molecule has 2 heterocycles. The first-order chi connectivity index (χ1) is 9.13. The maximum absolute atomic E-state index is 12.3. The minimum atomic E-state index is -3.48. The summed E-state index contributed by atoms with van der Waals surface area (Å²) in [6, 6.07) is 5.34. The van der Waals surface area contributed by atoms with Crippen LogP contribution >= 0.6 is 0 Å². The molecular formula is C12H20N4O2S. The van der Waals surface area contributed by atoms with Crippen molar-refractivity contribution in [3.05, 3.63) is 30.1 Å². The average molecular weight is 284 g/mol. The van der Waals surface area contributed by atoms with E-state index in [0.717, 1.165) is 19.3 Å². The number of pyridine rings is 1. The Balaban J connectivity index is 2.01. The van der Waals surface area contributed by atoms with Gasteiger partial charge in [-0.1, -0.05) is 12.5 Å². The van der Waals surface area contributed by atoms with Crippen LogP contribution in [0.4, 0.5) is 0 Å². The molecule has 1 aliphatic rings. The van der Waals surface area contributed by atoms with Gasteiger partial charge in [-0.05, 0) is 25.0 Å². The van der Waals surface area contributed by atoms with Gasteiger partial charge in [0, 0.05) is 25.3 Å². The van der Waals surface area contributed by atoms with Crippen molar-refractivity contribution >= 4 is 10.2 Å². The van der Waals surface area contributed by atoms with Crippen LogP contribution < -0.4 is 10.5 Å². The molecule has 19 heavy (non-hydrogen) atoms. The zero-order valence-corrected chi connectivity index (χ0v) is 11.6. The number of hydrogen-bond donors (Lipinski definition) is 2. The molecule has 0 radical (unpaired) electrons. The second kappa shape index (κ2) is 6.42. The molecule has 1 atom stereocenters. The number of nitrogens with zero attached hydrogens (tertiary/aromatic N) is 2. The molecule has 1 aromatic heterocycles. The monoisotopic (exact) mass is 284 g/mol. The van der Waals surface area contributed by atoms with Crippen LogP contribution in [-0.4, -0.2) is 36.8 Å². The molecule has 6 nitrogen and oxygen atoms in total. The van der Waals surface area contributed by atoms with Crippen LogP contribution in [0.5, 0.6) is 0 Å². The molecular weight excluding hydrogens is 264 g/mol. The van der Waals surface area contributed by atoms with E-state index in [0.29, 0.717) is 18.8 Å². The highest BCUT2D eigenvalue weighted by Crippen LogP contribution is 2.18. The Morgan fingerprint density at radius 2 is 2.26 bits per heavy atom. The van der Waals surface area contributed by atoms with Gasteiger partial charge in [0.05, 0.1) is 12.2 Å². The molecule has 0 saturated carbocycles. The molecule has 0 amide bonds. The van der Waals surface area contributed by atoms with Crippen molar-refractivity contribution in [2.24, 2.45) is 5.73 Å². The molecule has 1 saturated heterocycles. The van der Waals surface area contributed by atoms with Crippen LogP contribution in [0, 0.1) is 0 Å². The Kier molecular flexibility index (Phi) is 4.87. The fraction of sp³-hybridized carbons (Fsp3) is 0.583. The normalized spacial score (nSPS) is 21.4. The third-order valence-electron chi connectivity index (χ3n) is 3.32. The van der Waals surface area contributed by atoms with Crippen LogP contribution in [0.2, 0.25) is 0 Å². The Morgan fingerprint density at radius 3 is 2.95 bits per heavy atom. The number of nitrogens with one attached hydrogen (secondary N) is 1. The van der Waals surface area contributed by atoms with Crippen LogP contribution in [0.1, 0.15) is 25.0 Å². The van der Waals surface area contributed by atoms with Gasteiger partial charge in [0.1, 0.15) is 0 Å². The average Bonchev–Trinajstić information content (AvgIpc) is 2.46. The summed E-state index contributed by atoms with van der Waals surface area (Å²) in [6.45, 7) is 1.11. The smallest absolute Gasteiger partial charge is 0.280 e. The molecule has 0 aliphatic carbocycles. The van der Waals surface area contributed by atoms with Crippen LogP contribution in [-0.2, 0) is 16.8 Å². The Morgan fingerprint density at radius 1 is 1.42 bits per heavy atom. The van der Waals surface area contributed by atoms with E-state index in [9.17, 15) is 8.42 Å². The second-order valence-corrected chi connectivity index (χ2v) is 6.35. The van der Waals surface area contributed by atoms with Crippen LogP contribution in [0.25, 0.3) is 0 Å². The first-order valence-electron chi connectivity index (χ1n) is 6.50. The summed E-state index contributed by atoms with van der Waals surface area (Å²) >= 11 is 0. The van der Waals surface area contributed by atoms with Crippen LogP contribution in [0.3, 0.4) is 0 Å². The molecule has 106 valence electrons. The molecule has 1 aromatic rings. The fourth-order valence-corrected chi connectivity index (χ4v) is 3.73. The van der Waals surface area contributed by atoms with Gasteiger partial charge in [0.2, 0.25) is 0 Å². The predicted octanol–water partition coefficient (Wildman–Crippen LogP) is 0.229. The van der Waals surface area contributed by atoms with E-state index < -0.39 is 10.2 Å². The minimum Gasteiger partial charge on any atom is -0.329 e. The fourth-order valence-electron chi connectivity index (χ4n) is 2.28. The topological polar surface area (TPSA) is 88.3 Å². The molecule has 0 bridgehead atoms. The van der Waals surface area contributed by atoms with Crippen molar-refractivity contribution in [2.45, 2.75) is 31.8 Å². The number of rotatable bonds is 5. The molecule has 0 aromatic carbocycles. The van der Waals surface area contributed by atoms with E-state index in [1.54, 1.807) is 18.3 Å². The van der Waals surface area contributed by atoms with Gasteiger partial charge < -0.3 is 5.73 Å². The first kappa shape index (κ1) is 14.4. The maximum Gasteiger partial charge on any atom is 0.280 e. The molecule has 1 unspecified atom stereocenters. The minimum absolute atomic E-state index is 0.0880. The lowest BCUT2D eigenvalue weighted by Crippen LogP contribution is -2.51. The zero-order valence-electron chi connectivity index (χ0n) is 10.8. The zero-order chi connectivity index (χ0) is 13.7. The standard InChI is InChI=1S/C12H20N4O2S/c13-9-12-6-2-4-8-16(12)19(17,18)15-10-11-5-1-3-7-14-11/h1,3,5,7,12,15H,2,4,6,8-10,13H2. The highest BCUT2D eigenvalue weighted by Gasteiger charge is 2.31. The number of aromatic nitrogens is 1. The first-order valence-corrected chi connectivity index (χ1v) is 7.94. The SMILES string of the molecule is NCC1CCCCN1S(=O)(=O)NCc1ccccn1. The van der Waals surface area contributed by atoms with Gasteiger partial charge in [-0.2, -0.15) is 17.4 Å². The van der Waals surface area contributed by atoms with E-state index in [4.69, 9.17) is 5.73 Å². The summed E-state index contributed by atoms with van der Waals surface area (Å²) in [5.74, 6) is 0. The lowest BCUT2D eigenvalue weighted by molar-refractivity contribution is 0.254.